The fourth-order valence-corrected chi connectivity index (χ4v) is 3.27. The molecule has 2 aromatic carbocycles. The molecule has 25 heavy (non-hydrogen) atoms. The summed E-state index contributed by atoms with van der Waals surface area (Å²) in [6, 6.07) is 15.9. The van der Waals surface area contributed by atoms with Crippen molar-refractivity contribution in [3.8, 4) is 16.9 Å². The number of rotatable bonds is 7. The van der Waals surface area contributed by atoms with E-state index < -0.39 is 4.92 Å². The largest absolute Gasteiger partial charge is 0.494 e. The van der Waals surface area contributed by atoms with Crippen molar-refractivity contribution < 1.29 is 9.66 Å². The van der Waals surface area contributed by atoms with Gasteiger partial charge >= 0.3 is 0 Å². The third kappa shape index (κ3) is 4.57. The number of nitrogens with zero attached hydrogens (tertiary/aromatic N) is 2. The Morgan fingerprint density at radius 2 is 2.08 bits per heavy atom. The van der Waals surface area contributed by atoms with Crippen molar-refractivity contribution in [2.45, 2.75) is 32.2 Å². The Morgan fingerprint density at radius 3 is 2.76 bits per heavy atom. The van der Waals surface area contributed by atoms with E-state index >= 15 is 0 Å². The zero-order chi connectivity index (χ0) is 17.6. The second kappa shape index (κ2) is 8.12. The van der Waals surface area contributed by atoms with Gasteiger partial charge in [0.25, 0.3) is 5.69 Å². The number of likely N-dealkylation sites (tertiary alicyclic amines) is 1. The molecule has 131 valence electrons. The molecule has 0 aliphatic carbocycles. The monoisotopic (exact) mass is 339 g/mol. The molecule has 1 heterocycles. The van der Waals surface area contributed by atoms with E-state index in [1.165, 1.54) is 25.5 Å². The number of benzene rings is 2. The third-order valence-corrected chi connectivity index (χ3v) is 4.72. The first-order valence-electron chi connectivity index (χ1n) is 8.77. The molecule has 0 aromatic heterocycles. The fraction of sp³-hybridized carbons (Fsp3) is 0.400. The first kappa shape index (κ1) is 17.4. The van der Waals surface area contributed by atoms with Gasteiger partial charge in [0.15, 0.2) is 0 Å². The second-order valence-electron chi connectivity index (χ2n) is 6.47. The minimum Gasteiger partial charge on any atom is -0.494 e. The molecule has 0 spiro atoms. The predicted octanol–water partition coefficient (Wildman–Crippen LogP) is 4.32. The Morgan fingerprint density at radius 1 is 1.28 bits per heavy atom. The van der Waals surface area contributed by atoms with E-state index in [0.29, 0.717) is 12.6 Å². The highest BCUT2D eigenvalue weighted by molar-refractivity contribution is 5.66. The van der Waals surface area contributed by atoms with Crippen molar-refractivity contribution in [2.24, 2.45) is 0 Å². The van der Waals surface area contributed by atoms with Crippen LogP contribution in [0.5, 0.6) is 5.75 Å². The molecule has 1 saturated heterocycles. The number of hydrogen-bond donors (Lipinski definition) is 0. The van der Waals surface area contributed by atoms with Crippen LogP contribution in [0.25, 0.3) is 11.1 Å². The lowest BCUT2D eigenvalue weighted by Gasteiger charge is -2.20. The normalized spacial score (nSPS) is 17.6. The van der Waals surface area contributed by atoms with E-state index in [1.807, 2.05) is 30.3 Å². The van der Waals surface area contributed by atoms with Gasteiger partial charge in [-0.3, -0.25) is 10.1 Å². The molecular formula is C20H23N2O3. The summed E-state index contributed by atoms with van der Waals surface area (Å²) in [4.78, 5) is 12.9. The van der Waals surface area contributed by atoms with Crippen LogP contribution in [0.1, 0.15) is 26.2 Å². The molecule has 0 bridgehead atoms. The maximum Gasteiger partial charge on any atom is 0.278 e. The summed E-state index contributed by atoms with van der Waals surface area (Å²) in [6.07, 6.45) is 3.63. The average Bonchev–Trinajstić information content (AvgIpc) is 3.04. The van der Waals surface area contributed by atoms with Gasteiger partial charge in [0.1, 0.15) is 5.75 Å². The van der Waals surface area contributed by atoms with Crippen LogP contribution in [-0.4, -0.2) is 35.6 Å². The van der Waals surface area contributed by atoms with Gasteiger partial charge in [-0.15, -0.1) is 0 Å². The minimum absolute atomic E-state index is 0.0195. The van der Waals surface area contributed by atoms with Crippen LogP contribution in [0.4, 0.5) is 5.69 Å². The van der Waals surface area contributed by atoms with Crippen LogP contribution in [0.15, 0.2) is 42.5 Å². The van der Waals surface area contributed by atoms with Gasteiger partial charge in [-0.05, 0) is 62.1 Å². The molecule has 1 fully saturated rings. The van der Waals surface area contributed by atoms with Gasteiger partial charge in [-0.25, -0.2) is 0 Å². The number of hydrogen-bond acceptors (Lipinski definition) is 4. The van der Waals surface area contributed by atoms with Gasteiger partial charge in [-0.1, -0.05) is 18.2 Å². The zero-order valence-electron chi connectivity index (χ0n) is 14.5. The van der Waals surface area contributed by atoms with E-state index in [-0.39, 0.29) is 5.69 Å². The van der Waals surface area contributed by atoms with Gasteiger partial charge in [0.2, 0.25) is 0 Å². The highest BCUT2D eigenvalue weighted by Gasteiger charge is 2.19. The molecule has 3 rings (SSSR count). The summed E-state index contributed by atoms with van der Waals surface area (Å²) in [6.45, 7) is 5.28. The van der Waals surface area contributed by atoms with Crippen molar-refractivity contribution in [3.63, 3.8) is 0 Å². The molecule has 1 atom stereocenters. The maximum atomic E-state index is 10.9. The molecular weight excluding hydrogens is 316 g/mol. The first-order chi connectivity index (χ1) is 12.1. The SMILES string of the molecule is C[C@@H]1CCCN1CCCOc1ccc(-c2cc[c]c([N+](=O)[O-])c2)cc1. The minimum atomic E-state index is -0.428. The zero-order valence-corrected chi connectivity index (χ0v) is 14.5. The molecule has 1 aliphatic heterocycles. The highest BCUT2D eigenvalue weighted by Crippen LogP contribution is 2.25. The van der Waals surface area contributed by atoms with Crippen LogP contribution in [0, 0.1) is 16.2 Å². The summed E-state index contributed by atoms with van der Waals surface area (Å²) in [5.74, 6) is 0.829. The van der Waals surface area contributed by atoms with Crippen molar-refractivity contribution in [1.82, 2.24) is 4.90 Å². The Labute approximate surface area is 148 Å². The molecule has 0 saturated carbocycles. The number of nitro benzene ring substituents is 1. The molecule has 5 heteroatoms. The summed E-state index contributed by atoms with van der Waals surface area (Å²) < 4.78 is 5.81. The topological polar surface area (TPSA) is 55.6 Å². The van der Waals surface area contributed by atoms with Crippen molar-refractivity contribution >= 4 is 5.69 Å². The Kier molecular flexibility index (Phi) is 5.66. The summed E-state index contributed by atoms with van der Waals surface area (Å²) in [5, 5.41) is 10.9. The van der Waals surface area contributed by atoms with Gasteiger partial charge in [0.05, 0.1) is 17.6 Å². The average molecular weight is 339 g/mol. The summed E-state index contributed by atoms with van der Waals surface area (Å²) >= 11 is 0. The van der Waals surface area contributed by atoms with Crippen LogP contribution >= 0.6 is 0 Å². The molecule has 1 aliphatic rings. The third-order valence-electron chi connectivity index (χ3n) is 4.72. The van der Waals surface area contributed by atoms with Crippen molar-refractivity contribution in [1.29, 1.82) is 0 Å². The van der Waals surface area contributed by atoms with Gasteiger partial charge in [-0.2, -0.15) is 0 Å². The second-order valence-corrected chi connectivity index (χ2v) is 6.47. The van der Waals surface area contributed by atoms with E-state index in [0.717, 1.165) is 29.8 Å². The summed E-state index contributed by atoms with van der Waals surface area (Å²) in [7, 11) is 0. The van der Waals surface area contributed by atoms with E-state index in [4.69, 9.17) is 4.74 Å². The first-order valence-corrected chi connectivity index (χ1v) is 8.77. The number of ether oxygens (including phenoxy) is 1. The maximum absolute atomic E-state index is 10.9. The van der Waals surface area contributed by atoms with Crippen LogP contribution in [0.3, 0.4) is 0 Å². The Hall–Kier alpha value is -2.40. The predicted molar refractivity (Wildman–Crippen MR) is 97.7 cm³/mol. The molecule has 1 radical (unpaired) electrons. The van der Waals surface area contributed by atoms with Crippen molar-refractivity contribution in [3.05, 3.63) is 58.6 Å². The highest BCUT2D eigenvalue weighted by atomic mass is 16.6. The van der Waals surface area contributed by atoms with Crippen LogP contribution in [0.2, 0.25) is 0 Å². The van der Waals surface area contributed by atoms with E-state index in [9.17, 15) is 10.1 Å². The quantitative estimate of drug-likeness (QED) is 0.428. The Balaban J connectivity index is 1.52. The smallest absolute Gasteiger partial charge is 0.278 e. The standard InChI is InChI=1S/C20H23N2O3/c1-16-5-3-12-21(16)13-4-14-25-20-10-8-17(9-11-20)18-6-2-7-19(15-18)22(23)24/h2,6,8-11,15-16H,3-5,12-14H2,1H3/t16-/m1/s1. The summed E-state index contributed by atoms with van der Waals surface area (Å²) in [5.41, 5.74) is 1.71. The van der Waals surface area contributed by atoms with Gasteiger partial charge in [0, 0.05) is 18.7 Å². The van der Waals surface area contributed by atoms with Crippen molar-refractivity contribution in [2.75, 3.05) is 19.7 Å². The van der Waals surface area contributed by atoms with E-state index in [2.05, 4.69) is 17.9 Å². The molecule has 0 N–H and O–H groups in total. The van der Waals surface area contributed by atoms with Crippen LogP contribution < -0.4 is 4.74 Å². The molecule has 0 unspecified atom stereocenters. The molecule has 5 nitrogen and oxygen atoms in total. The fourth-order valence-electron chi connectivity index (χ4n) is 3.27. The number of nitro groups is 1. The van der Waals surface area contributed by atoms with E-state index in [1.54, 1.807) is 6.07 Å². The lowest BCUT2D eigenvalue weighted by atomic mass is 10.1. The van der Waals surface area contributed by atoms with Crippen LogP contribution in [-0.2, 0) is 0 Å². The lowest BCUT2D eigenvalue weighted by Crippen LogP contribution is -2.28. The lowest BCUT2D eigenvalue weighted by molar-refractivity contribution is -0.385. The molecule has 2 aromatic rings. The number of non-ortho nitro benzene ring substituents is 1. The van der Waals surface area contributed by atoms with Gasteiger partial charge < -0.3 is 9.64 Å². The Bertz CT molecular complexity index is 715. The molecule has 0 amide bonds.